The Labute approximate surface area is 212 Å². The second-order valence-corrected chi connectivity index (χ2v) is 9.91. The number of nitrogens with two attached hydrogens (primary N) is 1. The molecular formula is C28H36N4O4. The normalized spacial score (nSPS) is 22.3. The molecule has 1 aliphatic heterocycles. The molecule has 2 heterocycles. The lowest BCUT2D eigenvalue weighted by atomic mass is 9.81. The van der Waals surface area contributed by atoms with E-state index in [1.165, 1.54) is 7.11 Å². The van der Waals surface area contributed by atoms with Gasteiger partial charge < -0.3 is 21.1 Å². The maximum absolute atomic E-state index is 13.2. The Morgan fingerprint density at radius 3 is 2.67 bits per heavy atom. The van der Waals surface area contributed by atoms with E-state index in [0.717, 1.165) is 60.9 Å². The van der Waals surface area contributed by atoms with E-state index in [0.29, 0.717) is 31.0 Å². The minimum Gasteiger partial charge on any atom is -0.469 e. The van der Waals surface area contributed by atoms with Crippen molar-refractivity contribution < 1.29 is 19.1 Å². The number of hydrogen-bond donors (Lipinski definition) is 3. The lowest BCUT2D eigenvalue weighted by Gasteiger charge is -2.29. The summed E-state index contributed by atoms with van der Waals surface area (Å²) < 4.78 is 4.79. The van der Waals surface area contributed by atoms with Gasteiger partial charge in [0, 0.05) is 29.8 Å². The molecule has 8 nitrogen and oxygen atoms in total. The first-order chi connectivity index (χ1) is 17.5. The standard InChI is InChI=1S/C28H36N4O4/c1-36-27(34)15-19-8-11-22-21-12-13-30-25(16-21)23(4-2-3-5-26(33)31-24(22)14-19)32-28(35)20-9-6-18(17-29)7-10-20/h8,11-14,16,18,20,23H,2-7,9-10,15,17,29H2,1H3,(H,31,33)(H,32,35)/t18?,20?,23-/m0/s1. The summed E-state index contributed by atoms with van der Waals surface area (Å²) in [6, 6.07) is 9.27. The van der Waals surface area contributed by atoms with Crippen LogP contribution in [-0.4, -0.2) is 36.4 Å². The van der Waals surface area contributed by atoms with E-state index in [2.05, 4.69) is 15.6 Å². The van der Waals surface area contributed by atoms with Crippen LogP contribution >= 0.6 is 0 Å². The average Bonchev–Trinajstić information content (AvgIpc) is 2.90. The second kappa shape index (κ2) is 12.1. The highest BCUT2D eigenvalue weighted by Crippen LogP contribution is 2.33. The van der Waals surface area contributed by atoms with Gasteiger partial charge in [-0.15, -0.1) is 0 Å². The van der Waals surface area contributed by atoms with E-state index in [9.17, 15) is 14.4 Å². The summed E-state index contributed by atoms with van der Waals surface area (Å²) in [6.07, 6.45) is 8.21. The fourth-order valence-electron chi connectivity index (χ4n) is 5.19. The molecule has 2 amide bonds. The average molecular weight is 493 g/mol. The van der Waals surface area contributed by atoms with Crippen molar-refractivity contribution in [1.82, 2.24) is 10.3 Å². The van der Waals surface area contributed by atoms with Crippen LogP contribution in [0.25, 0.3) is 11.1 Å². The van der Waals surface area contributed by atoms with Crippen molar-refractivity contribution in [2.24, 2.45) is 17.6 Å². The smallest absolute Gasteiger partial charge is 0.309 e. The van der Waals surface area contributed by atoms with Gasteiger partial charge >= 0.3 is 5.97 Å². The number of rotatable bonds is 5. The van der Waals surface area contributed by atoms with Crippen LogP contribution in [0.1, 0.15) is 68.7 Å². The lowest BCUT2D eigenvalue weighted by molar-refractivity contribution is -0.139. The van der Waals surface area contributed by atoms with Gasteiger partial charge in [-0.3, -0.25) is 19.4 Å². The van der Waals surface area contributed by atoms with Crippen LogP contribution < -0.4 is 16.4 Å². The molecule has 1 aliphatic carbocycles. The van der Waals surface area contributed by atoms with Crippen molar-refractivity contribution in [1.29, 1.82) is 0 Å². The molecule has 0 radical (unpaired) electrons. The molecule has 1 atom stereocenters. The number of nitrogens with zero attached hydrogens (tertiary/aromatic N) is 1. The number of amides is 2. The molecule has 1 fully saturated rings. The summed E-state index contributed by atoms with van der Waals surface area (Å²) in [6.45, 7) is 0.687. The maximum Gasteiger partial charge on any atom is 0.309 e. The first-order valence-corrected chi connectivity index (χ1v) is 12.9. The Hall–Kier alpha value is -3.26. The van der Waals surface area contributed by atoms with Crippen LogP contribution in [0.5, 0.6) is 0 Å². The van der Waals surface area contributed by atoms with E-state index < -0.39 is 0 Å². The van der Waals surface area contributed by atoms with Crippen molar-refractivity contribution >= 4 is 23.5 Å². The third kappa shape index (κ3) is 6.49. The van der Waals surface area contributed by atoms with Crippen LogP contribution in [0, 0.1) is 11.8 Å². The van der Waals surface area contributed by atoms with Crippen molar-refractivity contribution in [3.05, 3.63) is 47.8 Å². The number of esters is 1. The van der Waals surface area contributed by atoms with E-state index in [-0.39, 0.29) is 36.2 Å². The van der Waals surface area contributed by atoms with E-state index in [4.69, 9.17) is 10.5 Å². The molecule has 36 heavy (non-hydrogen) atoms. The van der Waals surface area contributed by atoms with Gasteiger partial charge in [-0.2, -0.15) is 0 Å². The Balaban J connectivity index is 1.60. The molecule has 0 saturated heterocycles. The number of carbonyl (C=O) groups is 3. The summed E-state index contributed by atoms with van der Waals surface area (Å²) in [4.78, 5) is 42.3. The third-order valence-corrected chi connectivity index (χ3v) is 7.40. The minimum atomic E-state index is -0.337. The van der Waals surface area contributed by atoms with E-state index >= 15 is 0 Å². The van der Waals surface area contributed by atoms with Gasteiger partial charge in [-0.1, -0.05) is 18.6 Å². The largest absolute Gasteiger partial charge is 0.469 e. The number of anilines is 1. The highest BCUT2D eigenvalue weighted by atomic mass is 16.5. The number of methoxy groups -OCH3 is 1. The summed E-state index contributed by atoms with van der Waals surface area (Å²) in [5, 5.41) is 6.29. The first-order valence-electron chi connectivity index (χ1n) is 12.9. The molecule has 1 aromatic carbocycles. The number of aromatic nitrogens is 1. The third-order valence-electron chi connectivity index (χ3n) is 7.40. The van der Waals surface area contributed by atoms with Gasteiger partial charge in [0.1, 0.15) is 0 Å². The van der Waals surface area contributed by atoms with Crippen LogP contribution in [0.15, 0.2) is 36.5 Å². The van der Waals surface area contributed by atoms with Crippen LogP contribution in [0.2, 0.25) is 0 Å². The molecule has 1 saturated carbocycles. The molecule has 4 N–H and O–H groups in total. The number of benzene rings is 1. The molecule has 0 spiro atoms. The fraction of sp³-hybridized carbons (Fsp3) is 0.500. The number of nitrogens with one attached hydrogen (secondary N) is 2. The maximum atomic E-state index is 13.2. The molecule has 2 bridgehead atoms. The van der Waals surface area contributed by atoms with E-state index in [1.807, 2.05) is 30.3 Å². The Kier molecular flexibility index (Phi) is 8.70. The SMILES string of the molecule is COC(=O)Cc1ccc2c(c1)NC(=O)CCCC[C@H](NC(=O)C1CCC(CN)CC1)c1cc-2ccn1. The highest BCUT2D eigenvalue weighted by molar-refractivity contribution is 5.96. The van der Waals surface area contributed by atoms with Gasteiger partial charge in [0.05, 0.1) is 25.3 Å². The molecule has 2 aliphatic rings. The van der Waals surface area contributed by atoms with Gasteiger partial charge in [0.15, 0.2) is 0 Å². The zero-order valence-electron chi connectivity index (χ0n) is 20.9. The number of fused-ring (bicyclic) bond motifs is 4. The molecular weight excluding hydrogens is 456 g/mol. The highest BCUT2D eigenvalue weighted by Gasteiger charge is 2.28. The predicted molar refractivity (Wildman–Crippen MR) is 138 cm³/mol. The number of pyridine rings is 1. The van der Waals surface area contributed by atoms with Gasteiger partial charge in [0.25, 0.3) is 0 Å². The zero-order valence-corrected chi connectivity index (χ0v) is 20.9. The Morgan fingerprint density at radius 1 is 1.11 bits per heavy atom. The first kappa shape index (κ1) is 25.8. The number of ether oxygens (including phenoxy) is 1. The van der Waals surface area contributed by atoms with E-state index in [1.54, 1.807) is 6.20 Å². The molecule has 8 heteroatoms. The zero-order chi connectivity index (χ0) is 25.5. The monoisotopic (exact) mass is 492 g/mol. The minimum absolute atomic E-state index is 0.0112. The number of carbonyl (C=O) groups excluding carboxylic acids is 3. The summed E-state index contributed by atoms with van der Waals surface area (Å²) in [7, 11) is 1.36. The van der Waals surface area contributed by atoms with Crippen molar-refractivity contribution in [3.8, 4) is 11.1 Å². The van der Waals surface area contributed by atoms with Gasteiger partial charge in [0.2, 0.25) is 11.8 Å². The quantitative estimate of drug-likeness (QED) is 0.544. The van der Waals surface area contributed by atoms with Crippen LogP contribution in [0.3, 0.4) is 0 Å². The fourth-order valence-corrected chi connectivity index (χ4v) is 5.19. The Morgan fingerprint density at radius 2 is 1.92 bits per heavy atom. The van der Waals surface area contributed by atoms with Crippen LogP contribution in [0.4, 0.5) is 5.69 Å². The predicted octanol–water partition coefficient (Wildman–Crippen LogP) is 3.90. The summed E-state index contributed by atoms with van der Waals surface area (Å²) >= 11 is 0. The molecule has 192 valence electrons. The van der Waals surface area contributed by atoms with Gasteiger partial charge in [-0.05, 0) is 80.3 Å². The molecule has 4 rings (SSSR count). The van der Waals surface area contributed by atoms with Crippen molar-refractivity contribution in [3.63, 3.8) is 0 Å². The Bertz CT molecular complexity index is 1090. The molecule has 0 unspecified atom stereocenters. The molecule has 1 aromatic heterocycles. The summed E-state index contributed by atoms with van der Waals surface area (Å²) in [5.41, 5.74) is 9.77. The summed E-state index contributed by atoms with van der Waals surface area (Å²) in [5.74, 6) is 0.208. The van der Waals surface area contributed by atoms with Crippen molar-refractivity contribution in [2.45, 2.75) is 63.8 Å². The van der Waals surface area contributed by atoms with Gasteiger partial charge in [-0.25, -0.2) is 0 Å². The lowest BCUT2D eigenvalue weighted by Crippen LogP contribution is -2.37. The topological polar surface area (TPSA) is 123 Å². The van der Waals surface area contributed by atoms with Crippen LogP contribution in [-0.2, 0) is 25.5 Å². The molecule has 2 aromatic rings. The number of hydrogen-bond acceptors (Lipinski definition) is 6. The van der Waals surface area contributed by atoms with Crippen molar-refractivity contribution in [2.75, 3.05) is 19.0 Å². The second-order valence-electron chi connectivity index (χ2n) is 9.91.